The molecule has 1 heterocycles. The predicted octanol–water partition coefficient (Wildman–Crippen LogP) is 3.56. The molecule has 1 aromatic heterocycles. The fourth-order valence-corrected chi connectivity index (χ4v) is 2.96. The maximum Gasteiger partial charge on any atom is 0.318 e. The summed E-state index contributed by atoms with van der Waals surface area (Å²) in [4.78, 5) is 23.8. The van der Waals surface area contributed by atoms with Crippen molar-refractivity contribution in [1.82, 2.24) is 15.1 Å². The third-order valence-corrected chi connectivity index (χ3v) is 4.50. The fourth-order valence-electron chi connectivity index (χ4n) is 2.96. The predicted molar refractivity (Wildman–Crippen MR) is 110 cm³/mol. The Bertz CT molecular complexity index is 1030. The van der Waals surface area contributed by atoms with Crippen molar-refractivity contribution in [2.24, 2.45) is 0 Å². The highest BCUT2D eigenvalue weighted by molar-refractivity contribution is 5.93. The van der Waals surface area contributed by atoms with Crippen LogP contribution in [-0.2, 0) is 11.2 Å². The molecule has 3 rings (SSSR count). The monoisotopic (exact) mass is 395 g/mol. The Kier molecular flexibility index (Phi) is 5.92. The summed E-state index contributed by atoms with van der Waals surface area (Å²) in [6, 6.07) is 12.6. The van der Waals surface area contributed by atoms with Gasteiger partial charge in [0.15, 0.2) is 0 Å². The van der Waals surface area contributed by atoms with Crippen LogP contribution in [0.3, 0.4) is 0 Å². The number of benzene rings is 2. The van der Waals surface area contributed by atoms with Gasteiger partial charge in [0.1, 0.15) is 5.82 Å². The smallest absolute Gasteiger partial charge is 0.318 e. The number of rotatable bonds is 5. The van der Waals surface area contributed by atoms with Crippen LogP contribution in [0.25, 0.3) is 5.69 Å². The minimum absolute atomic E-state index is 0.164. The second-order valence-corrected chi connectivity index (χ2v) is 6.54. The quantitative estimate of drug-likeness (QED) is 0.617. The molecule has 0 atom stereocenters. The molecule has 0 radical (unpaired) electrons. The van der Waals surface area contributed by atoms with Gasteiger partial charge in [-0.1, -0.05) is 0 Å². The first-order chi connectivity index (χ1) is 13.9. The maximum atomic E-state index is 13.2. The van der Waals surface area contributed by atoms with Crippen LogP contribution in [0.2, 0.25) is 0 Å². The van der Waals surface area contributed by atoms with Gasteiger partial charge in [-0.05, 0) is 62.4 Å². The summed E-state index contributed by atoms with van der Waals surface area (Å²) >= 11 is 0. The van der Waals surface area contributed by atoms with Crippen LogP contribution in [-0.4, -0.2) is 28.8 Å². The first-order valence-electron chi connectivity index (χ1n) is 9.07. The second kappa shape index (κ2) is 8.55. The van der Waals surface area contributed by atoms with Crippen LogP contribution in [0.5, 0.6) is 0 Å². The van der Waals surface area contributed by atoms with Gasteiger partial charge in [0, 0.05) is 29.7 Å². The zero-order valence-corrected chi connectivity index (χ0v) is 16.4. The number of nitrogens with zero attached hydrogens (tertiary/aromatic N) is 2. The third-order valence-electron chi connectivity index (χ3n) is 4.50. The van der Waals surface area contributed by atoms with E-state index in [4.69, 9.17) is 0 Å². The summed E-state index contributed by atoms with van der Waals surface area (Å²) in [5.74, 6) is -0.492. The molecule has 150 valence electrons. The SMILES string of the molecule is CNC(=O)Nc1ccc(NC(=O)Cc2c(C)nn(-c3ccc(F)cc3)c2C)cc1. The van der Waals surface area contributed by atoms with Gasteiger partial charge in [0.05, 0.1) is 17.8 Å². The maximum absolute atomic E-state index is 13.2. The molecule has 0 saturated carbocycles. The summed E-state index contributed by atoms with van der Waals surface area (Å²) in [6.07, 6.45) is 0.164. The number of nitrogens with one attached hydrogen (secondary N) is 3. The molecule has 0 unspecified atom stereocenters. The molecule has 0 bridgehead atoms. The number of hydrogen-bond donors (Lipinski definition) is 3. The average molecular weight is 395 g/mol. The molecule has 0 fully saturated rings. The Hall–Kier alpha value is -3.68. The highest BCUT2D eigenvalue weighted by atomic mass is 19.1. The summed E-state index contributed by atoms with van der Waals surface area (Å²) < 4.78 is 14.9. The molecule has 0 saturated heterocycles. The van der Waals surface area contributed by atoms with E-state index in [1.54, 1.807) is 41.1 Å². The first-order valence-corrected chi connectivity index (χ1v) is 9.07. The molecule has 7 nitrogen and oxygen atoms in total. The third kappa shape index (κ3) is 4.78. The lowest BCUT2D eigenvalue weighted by Gasteiger charge is -2.08. The standard InChI is InChI=1S/C21H22FN5O2/c1-13-19(14(2)27(26-13)18-10-4-15(22)5-11-18)12-20(28)24-16-6-8-17(9-7-16)25-21(29)23-3/h4-11H,12H2,1-3H3,(H,24,28)(H2,23,25,29). The fraction of sp³-hybridized carbons (Fsp3) is 0.190. The van der Waals surface area contributed by atoms with Gasteiger partial charge in [0.25, 0.3) is 0 Å². The van der Waals surface area contributed by atoms with E-state index in [0.29, 0.717) is 11.4 Å². The molecule has 0 aliphatic carbocycles. The minimum atomic E-state index is -0.314. The molecule has 3 N–H and O–H groups in total. The molecular formula is C21H22FN5O2. The number of anilines is 2. The topological polar surface area (TPSA) is 88.1 Å². The van der Waals surface area contributed by atoms with Gasteiger partial charge in [-0.15, -0.1) is 0 Å². The zero-order chi connectivity index (χ0) is 21.0. The van der Waals surface area contributed by atoms with Gasteiger partial charge in [-0.3, -0.25) is 4.79 Å². The van der Waals surface area contributed by atoms with Crippen LogP contribution < -0.4 is 16.0 Å². The van der Waals surface area contributed by atoms with Gasteiger partial charge in [-0.25, -0.2) is 13.9 Å². The van der Waals surface area contributed by atoms with E-state index < -0.39 is 0 Å². The van der Waals surface area contributed by atoms with E-state index in [-0.39, 0.29) is 24.2 Å². The van der Waals surface area contributed by atoms with Crippen LogP contribution >= 0.6 is 0 Å². The lowest BCUT2D eigenvalue weighted by Crippen LogP contribution is -2.24. The van der Waals surface area contributed by atoms with Crippen LogP contribution in [0, 0.1) is 19.7 Å². The van der Waals surface area contributed by atoms with Crippen LogP contribution in [0.1, 0.15) is 17.0 Å². The highest BCUT2D eigenvalue weighted by Gasteiger charge is 2.16. The number of aromatic nitrogens is 2. The Balaban J connectivity index is 1.69. The van der Waals surface area contributed by atoms with Gasteiger partial charge in [-0.2, -0.15) is 5.10 Å². The van der Waals surface area contributed by atoms with Crippen molar-refractivity contribution in [1.29, 1.82) is 0 Å². The number of carbonyl (C=O) groups is 2. The van der Waals surface area contributed by atoms with E-state index in [1.807, 2.05) is 13.8 Å². The summed E-state index contributed by atoms with van der Waals surface area (Å²) in [5, 5.41) is 12.4. The summed E-state index contributed by atoms with van der Waals surface area (Å²) in [5.41, 5.74) is 4.37. The van der Waals surface area contributed by atoms with Crippen molar-refractivity contribution in [3.8, 4) is 5.69 Å². The lowest BCUT2D eigenvalue weighted by atomic mass is 10.1. The van der Waals surface area contributed by atoms with Gasteiger partial charge < -0.3 is 16.0 Å². The Morgan fingerprint density at radius 1 is 0.966 bits per heavy atom. The number of hydrogen-bond acceptors (Lipinski definition) is 3. The Labute approximate surface area is 167 Å². The molecule has 8 heteroatoms. The van der Waals surface area contributed by atoms with Gasteiger partial charge in [0.2, 0.25) is 5.91 Å². The molecule has 0 aliphatic rings. The van der Waals surface area contributed by atoms with Crippen LogP contribution in [0.15, 0.2) is 48.5 Å². The van der Waals surface area contributed by atoms with Gasteiger partial charge >= 0.3 is 6.03 Å². The number of amides is 3. The number of urea groups is 1. The molecule has 3 aromatic rings. The average Bonchev–Trinajstić information content (AvgIpc) is 2.98. The molecule has 0 aliphatic heterocycles. The van der Waals surface area contributed by atoms with Crippen molar-refractivity contribution in [2.75, 3.05) is 17.7 Å². The molecule has 3 amide bonds. The molecule has 0 spiro atoms. The number of aryl methyl sites for hydroxylation is 1. The number of halogens is 1. The largest absolute Gasteiger partial charge is 0.341 e. The van der Waals surface area contributed by atoms with E-state index in [0.717, 1.165) is 22.6 Å². The van der Waals surface area contributed by atoms with E-state index in [1.165, 1.54) is 19.2 Å². The van der Waals surface area contributed by atoms with Crippen molar-refractivity contribution in [3.63, 3.8) is 0 Å². The number of carbonyl (C=O) groups excluding carboxylic acids is 2. The summed E-state index contributed by atoms with van der Waals surface area (Å²) in [6.45, 7) is 3.72. The van der Waals surface area contributed by atoms with E-state index >= 15 is 0 Å². The molecule has 2 aromatic carbocycles. The molecular weight excluding hydrogens is 373 g/mol. The van der Waals surface area contributed by atoms with E-state index in [9.17, 15) is 14.0 Å². The van der Waals surface area contributed by atoms with Crippen molar-refractivity contribution < 1.29 is 14.0 Å². The van der Waals surface area contributed by atoms with E-state index in [2.05, 4.69) is 21.0 Å². The second-order valence-electron chi connectivity index (χ2n) is 6.54. The highest BCUT2D eigenvalue weighted by Crippen LogP contribution is 2.20. The summed E-state index contributed by atoms with van der Waals surface area (Å²) in [7, 11) is 1.53. The Morgan fingerprint density at radius 2 is 1.55 bits per heavy atom. The van der Waals surface area contributed by atoms with Crippen molar-refractivity contribution in [3.05, 3.63) is 71.3 Å². The minimum Gasteiger partial charge on any atom is -0.341 e. The normalized spacial score (nSPS) is 10.5. The van der Waals surface area contributed by atoms with Crippen LogP contribution in [0.4, 0.5) is 20.6 Å². The van der Waals surface area contributed by atoms with Crippen molar-refractivity contribution in [2.45, 2.75) is 20.3 Å². The molecule has 29 heavy (non-hydrogen) atoms. The van der Waals surface area contributed by atoms with Crippen molar-refractivity contribution >= 4 is 23.3 Å². The lowest BCUT2D eigenvalue weighted by molar-refractivity contribution is -0.115. The zero-order valence-electron chi connectivity index (χ0n) is 16.4. The first kappa shape index (κ1) is 20.1. The Morgan fingerprint density at radius 3 is 2.14 bits per heavy atom.